The predicted octanol–water partition coefficient (Wildman–Crippen LogP) is 1.74. The molecule has 3 aromatic rings. The summed E-state index contributed by atoms with van der Waals surface area (Å²) < 4.78 is 5.84. The van der Waals surface area contributed by atoms with Crippen molar-refractivity contribution >= 4 is 11.5 Å². The zero-order valence-electron chi connectivity index (χ0n) is 11.2. The van der Waals surface area contributed by atoms with E-state index in [9.17, 15) is 0 Å². The van der Waals surface area contributed by atoms with Crippen molar-refractivity contribution < 1.29 is 0 Å². The number of benzene rings is 1. The van der Waals surface area contributed by atoms with Gasteiger partial charge in [-0.3, -0.25) is 0 Å². The molecular formula is C13H14N6S. The number of aryl methyl sites for hydroxylation is 1. The van der Waals surface area contributed by atoms with Crippen molar-refractivity contribution in [1.29, 1.82) is 0 Å². The Balaban J connectivity index is 2.07. The zero-order chi connectivity index (χ0) is 13.9. The van der Waals surface area contributed by atoms with Crippen LogP contribution in [0, 0.1) is 6.92 Å². The largest absolute Gasteiger partial charge is 0.307 e. The number of para-hydroxylation sites is 1. The van der Waals surface area contributed by atoms with Gasteiger partial charge in [0, 0.05) is 0 Å². The standard InChI is InChI=1S/C13H14N6S/c1-9-13(20-18-16-9)12(14-2)11-8-15-17-19(11)10-6-4-3-5-7-10/h3-8,12,14H,1-2H3. The van der Waals surface area contributed by atoms with E-state index in [1.165, 1.54) is 11.5 Å². The van der Waals surface area contributed by atoms with E-state index in [2.05, 4.69) is 25.2 Å². The number of hydrogen-bond acceptors (Lipinski definition) is 6. The highest BCUT2D eigenvalue weighted by molar-refractivity contribution is 7.05. The molecule has 1 N–H and O–H groups in total. The van der Waals surface area contributed by atoms with Crippen LogP contribution in [0.25, 0.3) is 5.69 Å². The number of hydrogen-bond donors (Lipinski definition) is 1. The number of rotatable bonds is 4. The summed E-state index contributed by atoms with van der Waals surface area (Å²) >= 11 is 1.39. The van der Waals surface area contributed by atoms with Crippen LogP contribution in [0.5, 0.6) is 0 Å². The molecule has 2 aromatic heterocycles. The molecule has 1 unspecified atom stereocenters. The third-order valence-corrected chi connectivity index (χ3v) is 4.00. The molecule has 1 atom stereocenters. The Morgan fingerprint density at radius 3 is 2.70 bits per heavy atom. The predicted molar refractivity (Wildman–Crippen MR) is 76.9 cm³/mol. The smallest absolute Gasteiger partial charge is 0.0895 e. The summed E-state index contributed by atoms with van der Waals surface area (Å²) in [5.74, 6) is 0. The molecule has 0 spiro atoms. The maximum Gasteiger partial charge on any atom is 0.0895 e. The first kappa shape index (κ1) is 12.9. The Kier molecular flexibility index (Phi) is 3.53. The fourth-order valence-electron chi connectivity index (χ4n) is 2.13. The van der Waals surface area contributed by atoms with Gasteiger partial charge in [0.05, 0.1) is 34.2 Å². The molecule has 0 amide bonds. The molecule has 2 heterocycles. The van der Waals surface area contributed by atoms with Gasteiger partial charge in [0.1, 0.15) is 0 Å². The number of nitrogens with one attached hydrogen (secondary N) is 1. The van der Waals surface area contributed by atoms with E-state index in [0.29, 0.717) is 0 Å². The normalized spacial score (nSPS) is 12.5. The monoisotopic (exact) mass is 286 g/mol. The SMILES string of the molecule is CNC(c1snnc1C)c1cnnn1-c1ccccc1. The minimum atomic E-state index is -0.0230. The van der Waals surface area contributed by atoms with Crippen LogP contribution in [0.2, 0.25) is 0 Å². The lowest BCUT2D eigenvalue weighted by Crippen LogP contribution is -2.21. The third-order valence-electron chi connectivity index (χ3n) is 3.11. The Morgan fingerprint density at radius 1 is 1.25 bits per heavy atom. The van der Waals surface area contributed by atoms with Gasteiger partial charge in [-0.15, -0.1) is 10.2 Å². The van der Waals surface area contributed by atoms with Crippen LogP contribution in [0.4, 0.5) is 0 Å². The van der Waals surface area contributed by atoms with Crippen LogP contribution in [0.15, 0.2) is 36.5 Å². The van der Waals surface area contributed by atoms with Crippen LogP contribution in [-0.2, 0) is 0 Å². The first-order valence-corrected chi connectivity index (χ1v) is 7.00. The molecular weight excluding hydrogens is 272 g/mol. The molecule has 0 saturated carbocycles. The van der Waals surface area contributed by atoms with Crippen molar-refractivity contribution in [3.63, 3.8) is 0 Å². The summed E-state index contributed by atoms with van der Waals surface area (Å²) in [6.45, 7) is 1.96. The lowest BCUT2D eigenvalue weighted by Gasteiger charge is -2.15. The van der Waals surface area contributed by atoms with Crippen molar-refractivity contribution in [1.82, 2.24) is 29.9 Å². The molecule has 0 fully saturated rings. The fraction of sp³-hybridized carbons (Fsp3) is 0.231. The van der Waals surface area contributed by atoms with Crippen molar-refractivity contribution in [2.75, 3.05) is 7.05 Å². The van der Waals surface area contributed by atoms with Crippen LogP contribution < -0.4 is 5.32 Å². The van der Waals surface area contributed by atoms with Gasteiger partial charge in [0.15, 0.2) is 0 Å². The van der Waals surface area contributed by atoms with Gasteiger partial charge in [0.25, 0.3) is 0 Å². The van der Waals surface area contributed by atoms with Crippen LogP contribution >= 0.6 is 11.5 Å². The Labute approximate surface area is 120 Å². The van der Waals surface area contributed by atoms with Gasteiger partial charge in [0.2, 0.25) is 0 Å². The third kappa shape index (κ3) is 2.21. The first-order chi connectivity index (χ1) is 9.81. The number of nitrogens with zero attached hydrogens (tertiary/aromatic N) is 5. The highest BCUT2D eigenvalue weighted by atomic mass is 32.1. The molecule has 0 saturated heterocycles. The second kappa shape index (κ2) is 5.48. The lowest BCUT2D eigenvalue weighted by atomic mass is 10.1. The molecule has 20 heavy (non-hydrogen) atoms. The topological polar surface area (TPSA) is 68.5 Å². The van der Waals surface area contributed by atoms with Crippen LogP contribution in [-0.4, -0.2) is 31.6 Å². The summed E-state index contributed by atoms with van der Waals surface area (Å²) in [5, 5.41) is 15.6. The first-order valence-electron chi connectivity index (χ1n) is 6.23. The van der Waals surface area contributed by atoms with E-state index >= 15 is 0 Å². The average molecular weight is 286 g/mol. The van der Waals surface area contributed by atoms with E-state index in [1.807, 2.05) is 49.0 Å². The Bertz CT molecular complexity index is 690. The van der Waals surface area contributed by atoms with Gasteiger partial charge < -0.3 is 5.32 Å². The quantitative estimate of drug-likeness (QED) is 0.791. The van der Waals surface area contributed by atoms with Gasteiger partial charge in [-0.2, -0.15) is 0 Å². The second-order valence-electron chi connectivity index (χ2n) is 4.35. The van der Waals surface area contributed by atoms with Crippen molar-refractivity contribution in [2.24, 2.45) is 0 Å². The van der Waals surface area contributed by atoms with Crippen LogP contribution in [0.1, 0.15) is 22.3 Å². The minimum Gasteiger partial charge on any atom is -0.307 e. The second-order valence-corrected chi connectivity index (χ2v) is 5.14. The molecule has 6 nitrogen and oxygen atoms in total. The van der Waals surface area contributed by atoms with Crippen molar-refractivity contribution in [2.45, 2.75) is 13.0 Å². The van der Waals surface area contributed by atoms with E-state index in [-0.39, 0.29) is 6.04 Å². The summed E-state index contributed by atoms with van der Waals surface area (Å²) in [5.41, 5.74) is 2.87. The molecule has 0 radical (unpaired) electrons. The fourth-order valence-corrected chi connectivity index (χ4v) is 2.89. The molecule has 102 valence electrons. The Morgan fingerprint density at radius 2 is 2.05 bits per heavy atom. The number of aromatic nitrogens is 5. The molecule has 0 bridgehead atoms. The van der Waals surface area contributed by atoms with E-state index in [0.717, 1.165) is 22.0 Å². The van der Waals surface area contributed by atoms with Crippen LogP contribution in [0.3, 0.4) is 0 Å². The molecule has 3 rings (SSSR count). The maximum absolute atomic E-state index is 4.19. The minimum absolute atomic E-state index is 0.0230. The molecule has 0 aliphatic rings. The summed E-state index contributed by atoms with van der Waals surface area (Å²) in [4.78, 5) is 1.08. The van der Waals surface area contributed by atoms with Crippen molar-refractivity contribution in [3.8, 4) is 5.69 Å². The van der Waals surface area contributed by atoms with Gasteiger partial charge in [-0.1, -0.05) is 27.9 Å². The Hall–Kier alpha value is -2.12. The molecule has 0 aliphatic carbocycles. The molecule has 1 aromatic carbocycles. The van der Waals surface area contributed by atoms with Gasteiger partial charge in [-0.05, 0) is 37.6 Å². The van der Waals surface area contributed by atoms with E-state index in [4.69, 9.17) is 0 Å². The zero-order valence-corrected chi connectivity index (χ0v) is 12.0. The van der Waals surface area contributed by atoms with E-state index < -0.39 is 0 Å². The average Bonchev–Trinajstić information content (AvgIpc) is 3.11. The lowest BCUT2D eigenvalue weighted by molar-refractivity contribution is 0.638. The maximum atomic E-state index is 4.19. The highest BCUT2D eigenvalue weighted by Crippen LogP contribution is 2.27. The van der Waals surface area contributed by atoms with Crippen molar-refractivity contribution in [3.05, 3.63) is 52.8 Å². The summed E-state index contributed by atoms with van der Waals surface area (Å²) in [6, 6.07) is 9.92. The summed E-state index contributed by atoms with van der Waals surface area (Å²) in [7, 11) is 1.91. The molecule has 0 aliphatic heterocycles. The highest BCUT2D eigenvalue weighted by Gasteiger charge is 2.22. The van der Waals surface area contributed by atoms with Gasteiger partial charge >= 0.3 is 0 Å². The molecule has 7 heteroatoms. The summed E-state index contributed by atoms with van der Waals surface area (Å²) in [6.07, 6.45) is 1.77. The van der Waals surface area contributed by atoms with E-state index in [1.54, 1.807) is 6.20 Å². The van der Waals surface area contributed by atoms with Gasteiger partial charge in [-0.25, -0.2) is 4.68 Å².